The minimum absolute atomic E-state index is 0.237. The number of unbranched alkanes of at least 4 members (excludes halogenated alkanes) is 2. The maximum atomic E-state index is 11.0. The SMILES string of the molecule is CCCCCC1CC(C(=O)O)N(CC#N)C1. The summed E-state index contributed by atoms with van der Waals surface area (Å²) in [7, 11) is 0. The van der Waals surface area contributed by atoms with Gasteiger partial charge in [-0.15, -0.1) is 0 Å². The highest BCUT2D eigenvalue weighted by Crippen LogP contribution is 2.27. The molecule has 0 spiro atoms. The molecule has 4 heteroatoms. The van der Waals surface area contributed by atoms with Gasteiger partial charge in [-0.25, -0.2) is 0 Å². The van der Waals surface area contributed by atoms with E-state index in [1.54, 1.807) is 4.90 Å². The summed E-state index contributed by atoms with van der Waals surface area (Å²) in [5, 5.41) is 17.7. The lowest BCUT2D eigenvalue weighted by molar-refractivity contribution is -0.141. The minimum atomic E-state index is -0.784. The molecule has 1 fully saturated rings. The van der Waals surface area contributed by atoms with E-state index in [0.29, 0.717) is 12.3 Å². The van der Waals surface area contributed by atoms with E-state index in [-0.39, 0.29) is 6.54 Å². The molecule has 1 heterocycles. The van der Waals surface area contributed by atoms with Crippen LogP contribution in [0.1, 0.15) is 39.0 Å². The quantitative estimate of drug-likeness (QED) is 0.552. The maximum absolute atomic E-state index is 11.0. The van der Waals surface area contributed by atoms with Gasteiger partial charge >= 0.3 is 5.97 Å². The average molecular weight is 224 g/mol. The Bertz CT molecular complexity index is 273. The third kappa shape index (κ3) is 3.49. The van der Waals surface area contributed by atoms with E-state index in [2.05, 4.69) is 6.92 Å². The molecule has 0 bridgehead atoms. The Morgan fingerprint density at radius 1 is 1.56 bits per heavy atom. The second kappa shape index (κ2) is 6.49. The normalized spacial score (nSPS) is 25.5. The third-order valence-corrected chi connectivity index (χ3v) is 3.26. The number of rotatable bonds is 6. The molecule has 2 atom stereocenters. The smallest absolute Gasteiger partial charge is 0.320 e. The van der Waals surface area contributed by atoms with Gasteiger partial charge in [0.15, 0.2) is 0 Å². The summed E-state index contributed by atoms with van der Waals surface area (Å²) >= 11 is 0. The highest BCUT2D eigenvalue weighted by atomic mass is 16.4. The Kier molecular flexibility index (Phi) is 5.27. The van der Waals surface area contributed by atoms with E-state index in [9.17, 15) is 4.79 Å². The van der Waals surface area contributed by atoms with E-state index >= 15 is 0 Å². The Balaban J connectivity index is 2.42. The van der Waals surface area contributed by atoms with Crippen LogP contribution in [-0.4, -0.2) is 35.1 Å². The van der Waals surface area contributed by atoms with Crippen molar-refractivity contribution in [3.05, 3.63) is 0 Å². The van der Waals surface area contributed by atoms with E-state index in [0.717, 1.165) is 13.0 Å². The number of carboxylic acids is 1. The molecule has 90 valence electrons. The monoisotopic (exact) mass is 224 g/mol. The zero-order valence-corrected chi connectivity index (χ0v) is 9.85. The standard InChI is InChI=1S/C12H20N2O2/c1-2-3-4-5-10-8-11(12(15)16)14(9-10)7-6-13/h10-11H,2-5,7-9H2,1H3,(H,15,16). The Hall–Kier alpha value is -1.08. The number of aliphatic carboxylic acids is 1. The molecule has 0 radical (unpaired) electrons. The summed E-state index contributed by atoms with van der Waals surface area (Å²) in [6.07, 6.45) is 5.39. The van der Waals surface area contributed by atoms with Gasteiger partial charge in [0.2, 0.25) is 0 Å². The summed E-state index contributed by atoms with van der Waals surface area (Å²) in [5.74, 6) is -0.325. The number of hydrogen-bond donors (Lipinski definition) is 1. The largest absolute Gasteiger partial charge is 0.480 e. The van der Waals surface area contributed by atoms with Gasteiger partial charge in [-0.05, 0) is 18.8 Å². The summed E-state index contributed by atoms with van der Waals surface area (Å²) in [4.78, 5) is 12.8. The fraction of sp³-hybridized carbons (Fsp3) is 0.833. The highest BCUT2D eigenvalue weighted by molar-refractivity contribution is 5.73. The lowest BCUT2D eigenvalue weighted by atomic mass is 9.98. The van der Waals surface area contributed by atoms with Crippen LogP contribution in [0.25, 0.3) is 0 Å². The Morgan fingerprint density at radius 2 is 2.31 bits per heavy atom. The number of hydrogen-bond acceptors (Lipinski definition) is 3. The van der Waals surface area contributed by atoms with Gasteiger partial charge in [-0.3, -0.25) is 9.69 Å². The molecule has 2 unspecified atom stereocenters. The first-order chi connectivity index (χ1) is 7.69. The molecule has 0 saturated carbocycles. The van der Waals surface area contributed by atoms with Crippen LogP contribution in [0.3, 0.4) is 0 Å². The first-order valence-electron chi connectivity index (χ1n) is 6.02. The summed E-state index contributed by atoms with van der Waals surface area (Å²) in [5.41, 5.74) is 0. The van der Waals surface area contributed by atoms with E-state index in [4.69, 9.17) is 10.4 Å². The molecule has 0 amide bonds. The van der Waals surface area contributed by atoms with E-state index in [1.807, 2.05) is 6.07 Å². The van der Waals surface area contributed by atoms with Gasteiger partial charge in [0.25, 0.3) is 0 Å². The lowest BCUT2D eigenvalue weighted by Gasteiger charge is -2.16. The minimum Gasteiger partial charge on any atom is -0.480 e. The molecule has 4 nitrogen and oxygen atoms in total. The fourth-order valence-corrected chi connectivity index (χ4v) is 2.41. The number of nitriles is 1. The summed E-state index contributed by atoms with van der Waals surface area (Å²) < 4.78 is 0. The molecule has 1 aliphatic rings. The number of nitrogens with zero attached hydrogens (tertiary/aromatic N) is 2. The molecule has 0 aromatic carbocycles. The topological polar surface area (TPSA) is 64.3 Å². The maximum Gasteiger partial charge on any atom is 0.320 e. The molecule has 1 saturated heterocycles. The third-order valence-electron chi connectivity index (χ3n) is 3.26. The number of likely N-dealkylation sites (tertiary alicyclic amines) is 1. The summed E-state index contributed by atoms with van der Waals surface area (Å²) in [6.45, 7) is 3.17. The van der Waals surface area contributed by atoms with Crippen LogP contribution in [0.15, 0.2) is 0 Å². The van der Waals surface area contributed by atoms with Crippen molar-refractivity contribution in [3.8, 4) is 6.07 Å². The van der Waals surface area contributed by atoms with Crippen LogP contribution in [0.5, 0.6) is 0 Å². The van der Waals surface area contributed by atoms with Gasteiger partial charge in [-0.2, -0.15) is 5.26 Å². The highest BCUT2D eigenvalue weighted by Gasteiger charge is 2.35. The molecule has 1 N–H and O–H groups in total. The van der Waals surface area contributed by atoms with Gasteiger partial charge in [0.05, 0.1) is 12.6 Å². The molecule has 1 rings (SSSR count). The molecule has 1 aliphatic heterocycles. The van der Waals surface area contributed by atoms with Crippen LogP contribution in [-0.2, 0) is 4.79 Å². The van der Waals surface area contributed by atoms with Gasteiger partial charge in [0, 0.05) is 6.54 Å². The molecule has 16 heavy (non-hydrogen) atoms. The van der Waals surface area contributed by atoms with Crippen molar-refractivity contribution in [2.24, 2.45) is 5.92 Å². The lowest BCUT2D eigenvalue weighted by Crippen LogP contribution is -2.36. The second-order valence-electron chi connectivity index (χ2n) is 4.54. The van der Waals surface area contributed by atoms with Crippen molar-refractivity contribution in [1.29, 1.82) is 5.26 Å². The van der Waals surface area contributed by atoms with Crippen molar-refractivity contribution in [1.82, 2.24) is 4.90 Å². The predicted octanol–water partition coefficient (Wildman–Crippen LogP) is 1.87. The zero-order chi connectivity index (χ0) is 12.0. The van der Waals surface area contributed by atoms with Gasteiger partial charge in [0.1, 0.15) is 6.04 Å². The average Bonchev–Trinajstić information content (AvgIpc) is 2.62. The van der Waals surface area contributed by atoms with E-state index < -0.39 is 12.0 Å². The van der Waals surface area contributed by atoms with Crippen molar-refractivity contribution < 1.29 is 9.90 Å². The van der Waals surface area contributed by atoms with Crippen molar-refractivity contribution in [2.45, 2.75) is 45.1 Å². The molecule has 0 aromatic heterocycles. The van der Waals surface area contributed by atoms with Crippen LogP contribution in [0, 0.1) is 17.2 Å². The van der Waals surface area contributed by atoms with Crippen LogP contribution in [0.4, 0.5) is 0 Å². The Morgan fingerprint density at radius 3 is 2.88 bits per heavy atom. The Labute approximate surface area is 96.9 Å². The molecule has 0 aliphatic carbocycles. The number of carboxylic acid groups (broad SMARTS) is 1. The van der Waals surface area contributed by atoms with Gasteiger partial charge < -0.3 is 5.11 Å². The predicted molar refractivity (Wildman–Crippen MR) is 60.9 cm³/mol. The number of carbonyl (C=O) groups is 1. The van der Waals surface area contributed by atoms with Crippen LogP contribution in [0.2, 0.25) is 0 Å². The van der Waals surface area contributed by atoms with Crippen molar-refractivity contribution in [2.75, 3.05) is 13.1 Å². The zero-order valence-electron chi connectivity index (χ0n) is 9.85. The van der Waals surface area contributed by atoms with E-state index in [1.165, 1.54) is 19.3 Å². The molecular formula is C12H20N2O2. The van der Waals surface area contributed by atoms with Crippen molar-refractivity contribution >= 4 is 5.97 Å². The second-order valence-corrected chi connectivity index (χ2v) is 4.54. The van der Waals surface area contributed by atoms with Gasteiger partial charge in [-0.1, -0.05) is 26.2 Å². The van der Waals surface area contributed by atoms with Crippen molar-refractivity contribution in [3.63, 3.8) is 0 Å². The fourth-order valence-electron chi connectivity index (χ4n) is 2.41. The summed E-state index contributed by atoms with van der Waals surface area (Å²) in [6, 6.07) is 1.61. The molecular weight excluding hydrogens is 204 g/mol. The van der Waals surface area contributed by atoms with Crippen LogP contribution < -0.4 is 0 Å². The first kappa shape index (κ1) is 13.0. The first-order valence-corrected chi connectivity index (χ1v) is 6.02. The molecule has 0 aromatic rings. The van der Waals surface area contributed by atoms with Crippen LogP contribution >= 0.6 is 0 Å².